The molecule has 0 aliphatic carbocycles. The van der Waals surface area contributed by atoms with Crippen LogP contribution in [0.4, 0.5) is 0 Å². The van der Waals surface area contributed by atoms with Crippen LogP contribution in [0, 0.1) is 0 Å². The first-order valence-electron chi connectivity index (χ1n) is 5.29. The Bertz CT molecular complexity index is 342. The summed E-state index contributed by atoms with van der Waals surface area (Å²) in [6.45, 7) is 0.762. The molecule has 1 amide bonds. The van der Waals surface area contributed by atoms with E-state index in [-0.39, 0.29) is 5.91 Å². The van der Waals surface area contributed by atoms with Gasteiger partial charge < -0.3 is 5.32 Å². The number of halogens is 2. The van der Waals surface area contributed by atoms with E-state index in [0.717, 1.165) is 34.8 Å². The molecule has 1 aromatic rings. The fourth-order valence-electron chi connectivity index (χ4n) is 1.34. The Hall–Kier alpha value is -0.350. The SMILES string of the molecule is O=C(Cc1cccc(Br)c1)NCCCCBr. The van der Waals surface area contributed by atoms with Crippen molar-refractivity contribution in [2.45, 2.75) is 19.3 Å². The predicted octanol–water partition coefficient (Wildman–Crippen LogP) is 3.28. The van der Waals surface area contributed by atoms with Crippen molar-refractivity contribution in [2.24, 2.45) is 0 Å². The number of carbonyl (C=O) groups is 1. The summed E-state index contributed by atoms with van der Waals surface area (Å²) in [5.41, 5.74) is 1.03. The van der Waals surface area contributed by atoms with Crippen LogP contribution in [0.1, 0.15) is 18.4 Å². The van der Waals surface area contributed by atoms with Crippen LogP contribution >= 0.6 is 31.9 Å². The first-order chi connectivity index (χ1) is 7.72. The number of nitrogens with one attached hydrogen (secondary N) is 1. The summed E-state index contributed by atoms with van der Waals surface area (Å²) in [5.74, 6) is 0.0904. The molecule has 1 rings (SSSR count). The van der Waals surface area contributed by atoms with Crippen molar-refractivity contribution in [1.82, 2.24) is 5.32 Å². The second-order valence-electron chi connectivity index (χ2n) is 3.55. The van der Waals surface area contributed by atoms with Crippen LogP contribution in [0.5, 0.6) is 0 Å². The number of amides is 1. The van der Waals surface area contributed by atoms with Crippen molar-refractivity contribution in [1.29, 1.82) is 0 Å². The van der Waals surface area contributed by atoms with Gasteiger partial charge in [-0.05, 0) is 30.5 Å². The van der Waals surface area contributed by atoms with Gasteiger partial charge in [-0.3, -0.25) is 4.79 Å². The van der Waals surface area contributed by atoms with E-state index >= 15 is 0 Å². The third-order valence-electron chi connectivity index (χ3n) is 2.14. The summed E-state index contributed by atoms with van der Waals surface area (Å²) in [6, 6.07) is 7.83. The largest absolute Gasteiger partial charge is 0.356 e. The molecule has 0 spiro atoms. The summed E-state index contributed by atoms with van der Waals surface area (Å²) < 4.78 is 1.01. The number of carbonyl (C=O) groups excluding carboxylic acids is 1. The Morgan fingerprint density at radius 3 is 2.81 bits per heavy atom. The number of benzene rings is 1. The van der Waals surface area contributed by atoms with Gasteiger partial charge in [-0.1, -0.05) is 44.0 Å². The lowest BCUT2D eigenvalue weighted by atomic mass is 10.1. The Balaban J connectivity index is 2.29. The molecule has 2 nitrogen and oxygen atoms in total. The van der Waals surface area contributed by atoms with Gasteiger partial charge in [-0.2, -0.15) is 0 Å². The summed E-state index contributed by atoms with van der Waals surface area (Å²) >= 11 is 6.75. The minimum atomic E-state index is 0.0904. The molecule has 0 aliphatic rings. The zero-order chi connectivity index (χ0) is 11.8. The Morgan fingerprint density at radius 1 is 1.31 bits per heavy atom. The lowest BCUT2D eigenvalue weighted by molar-refractivity contribution is -0.120. The van der Waals surface area contributed by atoms with E-state index in [9.17, 15) is 4.79 Å². The molecule has 0 atom stereocenters. The number of unbranched alkanes of at least 4 members (excludes halogenated alkanes) is 1. The van der Waals surface area contributed by atoms with E-state index in [1.165, 1.54) is 0 Å². The Morgan fingerprint density at radius 2 is 2.12 bits per heavy atom. The highest BCUT2D eigenvalue weighted by Gasteiger charge is 2.02. The maximum atomic E-state index is 11.5. The van der Waals surface area contributed by atoms with Crippen molar-refractivity contribution in [3.05, 3.63) is 34.3 Å². The first-order valence-corrected chi connectivity index (χ1v) is 7.21. The van der Waals surface area contributed by atoms with Crippen molar-refractivity contribution in [3.63, 3.8) is 0 Å². The third kappa shape index (κ3) is 5.66. The third-order valence-corrected chi connectivity index (χ3v) is 3.19. The van der Waals surface area contributed by atoms with Crippen molar-refractivity contribution < 1.29 is 4.79 Å². The average molecular weight is 349 g/mol. The molecule has 1 N–H and O–H groups in total. The van der Waals surface area contributed by atoms with Gasteiger partial charge >= 0.3 is 0 Å². The first kappa shape index (κ1) is 13.7. The zero-order valence-corrected chi connectivity index (χ0v) is 12.2. The highest BCUT2D eigenvalue weighted by atomic mass is 79.9. The summed E-state index contributed by atoms with van der Waals surface area (Å²) in [7, 11) is 0. The van der Waals surface area contributed by atoms with Crippen LogP contribution < -0.4 is 5.32 Å². The molecule has 16 heavy (non-hydrogen) atoms. The lowest BCUT2D eigenvalue weighted by Gasteiger charge is -2.04. The van der Waals surface area contributed by atoms with Crippen LogP contribution in [-0.4, -0.2) is 17.8 Å². The quantitative estimate of drug-likeness (QED) is 0.620. The van der Waals surface area contributed by atoms with Gasteiger partial charge in [0.1, 0.15) is 0 Å². The zero-order valence-electron chi connectivity index (χ0n) is 9.01. The van der Waals surface area contributed by atoms with Crippen LogP contribution in [0.25, 0.3) is 0 Å². The second-order valence-corrected chi connectivity index (χ2v) is 5.26. The van der Waals surface area contributed by atoms with Crippen LogP contribution in [0.15, 0.2) is 28.7 Å². The fourth-order valence-corrected chi connectivity index (χ4v) is 2.19. The summed E-state index contributed by atoms with van der Waals surface area (Å²) in [4.78, 5) is 11.5. The molecule has 88 valence electrons. The molecule has 0 unspecified atom stereocenters. The molecule has 1 aromatic carbocycles. The standard InChI is InChI=1S/C12H15Br2NO/c13-6-1-2-7-15-12(16)9-10-4-3-5-11(14)8-10/h3-5,8H,1-2,6-7,9H2,(H,15,16). The number of hydrogen-bond acceptors (Lipinski definition) is 1. The molecule has 0 fully saturated rings. The van der Waals surface area contributed by atoms with Gasteiger partial charge in [0.2, 0.25) is 5.91 Å². The van der Waals surface area contributed by atoms with Gasteiger partial charge in [-0.15, -0.1) is 0 Å². The molecule has 0 aliphatic heterocycles. The number of alkyl halides is 1. The fraction of sp³-hybridized carbons (Fsp3) is 0.417. The molecular formula is C12H15Br2NO. The van der Waals surface area contributed by atoms with E-state index in [1.54, 1.807) is 0 Å². The normalized spacial score (nSPS) is 10.1. The molecule has 0 saturated carbocycles. The molecular weight excluding hydrogens is 334 g/mol. The minimum absolute atomic E-state index is 0.0904. The summed E-state index contributed by atoms with van der Waals surface area (Å²) in [5, 5.41) is 3.90. The van der Waals surface area contributed by atoms with E-state index in [1.807, 2.05) is 24.3 Å². The molecule has 0 saturated heterocycles. The molecule has 0 radical (unpaired) electrons. The molecule has 0 heterocycles. The van der Waals surface area contributed by atoms with Gasteiger partial charge in [-0.25, -0.2) is 0 Å². The van der Waals surface area contributed by atoms with Gasteiger partial charge in [0.15, 0.2) is 0 Å². The van der Waals surface area contributed by atoms with Gasteiger partial charge in [0.25, 0.3) is 0 Å². The van der Waals surface area contributed by atoms with E-state index in [2.05, 4.69) is 37.2 Å². The van der Waals surface area contributed by atoms with Crippen molar-refractivity contribution in [3.8, 4) is 0 Å². The topological polar surface area (TPSA) is 29.1 Å². The maximum Gasteiger partial charge on any atom is 0.224 e. The highest BCUT2D eigenvalue weighted by Crippen LogP contribution is 2.11. The number of hydrogen-bond donors (Lipinski definition) is 1. The average Bonchev–Trinajstić information content (AvgIpc) is 2.24. The molecule has 0 bridgehead atoms. The second kappa shape index (κ2) is 7.85. The molecule has 0 aromatic heterocycles. The summed E-state index contributed by atoms with van der Waals surface area (Å²) in [6.07, 6.45) is 2.57. The smallest absolute Gasteiger partial charge is 0.224 e. The van der Waals surface area contributed by atoms with Crippen molar-refractivity contribution >= 4 is 37.8 Å². The van der Waals surface area contributed by atoms with Gasteiger partial charge in [0, 0.05) is 16.3 Å². The van der Waals surface area contributed by atoms with Gasteiger partial charge in [0.05, 0.1) is 6.42 Å². The highest BCUT2D eigenvalue weighted by molar-refractivity contribution is 9.10. The Labute approximate surface area is 113 Å². The monoisotopic (exact) mass is 347 g/mol. The van der Waals surface area contributed by atoms with Crippen LogP contribution in [-0.2, 0) is 11.2 Å². The number of rotatable bonds is 6. The van der Waals surface area contributed by atoms with E-state index in [4.69, 9.17) is 0 Å². The van der Waals surface area contributed by atoms with Crippen molar-refractivity contribution in [2.75, 3.05) is 11.9 Å². The lowest BCUT2D eigenvalue weighted by Crippen LogP contribution is -2.26. The van der Waals surface area contributed by atoms with Crippen LogP contribution in [0.3, 0.4) is 0 Å². The Kier molecular flexibility index (Phi) is 6.73. The van der Waals surface area contributed by atoms with E-state index in [0.29, 0.717) is 6.42 Å². The molecule has 4 heteroatoms. The predicted molar refractivity (Wildman–Crippen MR) is 73.9 cm³/mol. The maximum absolute atomic E-state index is 11.5. The van der Waals surface area contributed by atoms with Crippen LogP contribution in [0.2, 0.25) is 0 Å². The minimum Gasteiger partial charge on any atom is -0.356 e. The van der Waals surface area contributed by atoms with E-state index < -0.39 is 0 Å².